The van der Waals surface area contributed by atoms with Gasteiger partial charge in [0.25, 0.3) is 0 Å². The number of β-lactam (4-membered cyclic amide) rings is 1. The number of likely N-dealkylation sites (N-methyl/N-ethyl adjacent to an activating group) is 1. The summed E-state index contributed by atoms with van der Waals surface area (Å²) < 4.78 is 0. The zero-order chi connectivity index (χ0) is 15.6. The van der Waals surface area contributed by atoms with Gasteiger partial charge in [-0.25, -0.2) is 4.79 Å². The highest BCUT2D eigenvalue weighted by Crippen LogP contribution is 2.42. The van der Waals surface area contributed by atoms with Crippen LogP contribution in [-0.4, -0.2) is 51.5 Å². The number of rotatable bonds is 5. The summed E-state index contributed by atoms with van der Waals surface area (Å²) in [5.41, 5.74) is 5.62. The molecule has 0 radical (unpaired) electrons. The maximum absolute atomic E-state index is 11.7. The molecule has 0 aromatic rings. The molecule has 1 fully saturated rings. The minimum absolute atomic E-state index is 0.0315. The number of thioether (sulfide) groups is 2. The average Bonchev–Trinajstić information content (AvgIpc) is 2.45. The van der Waals surface area contributed by atoms with E-state index >= 15 is 0 Å². The summed E-state index contributed by atoms with van der Waals surface area (Å²) >= 11 is 2.56. The third-order valence-electron chi connectivity index (χ3n) is 2.96. The van der Waals surface area contributed by atoms with Gasteiger partial charge in [-0.2, -0.15) is 0 Å². The standard InChI is InChI=1S/C12H15N3O4S2/c1-2-14-7(16)3-4-20-6-5-21-11-8(13)10(17)15(11)9(6)12(18)19/h3-4,8,11H,2,5,13H2,1H3,(H,14,16)(H,18,19)/t8-,11+/m1/s1. The number of fused-ring (bicyclic) bond motifs is 1. The Kier molecular flexibility index (Phi) is 4.96. The van der Waals surface area contributed by atoms with Crippen molar-refractivity contribution in [3.05, 3.63) is 22.1 Å². The lowest BCUT2D eigenvalue weighted by Crippen LogP contribution is -2.68. The number of amides is 2. The van der Waals surface area contributed by atoms with Crippen LogP contribution in [-0.2, 0) is 14.4 Å². The summed E-state index contributed by atoms with van der Waals surface area (Å²) in [4.78, 5) is 36.2. The predicted octanol–water partition coefficient (Wildman–Crippen LogP) is -0.0920. The van der Waals surface area contributed by atoms with E-state index in [2.05, 4.69) is 5.32 Å². The van der Waals surface area contributed by atoms with Gasteiger partial charge in [0.1, 0.15) is 17.1 Å². The fraction of sp³-hybridized carbons (Fsp3) is 0.417. The minimum atomic E-state index is -1.16. The number of carbonyl (C=O) groups excluding carboxylic acids is 2. The van der Waals surface area contributed by atoms with E-state index in [-0.39, 0.29) is 22.9 Å². The molecule has 0 saturated carbocycles. The smallest absolute Gasteiger partial charge is 0.353 e. The molecule has 2 heterocycles. The molecule has 1 saturated heterocycles. The van der Waals surface area contributed by atoms with Crippen molar-refractivity contribution in [3.8, 4) is 0 Å². The van der Waals surface area contributed by atoms with Crippen molar-refractivity contribution in [2.45, 2.75) is 18.3 Å². The molecular formula is C12H15N3O4S2. The number of aliphatic carboxylic acids is 1. The molecule has 2 rings (SSSR count). The van der Waals surface area contributed by atoms with Gasteiger partial charge in [0, 0.05) is 23.3 Å². The second kappa shape index (κ2) is 6.54. The lowest BCUT2D eigenvalue weighted by Gasteiger charge is -2.47. The van der Waals surface area contributed by atoms with Crippen molar-refractivity contribution in [2.24, 2.45) is 5.73 Å². The third kappa shape index (κ3) is 3.09. The summed E-state index contributed by atoms with van der Waals surface area (Å²) in [6, 6.07) is -0.637. The largest absolute Gasteiger partial charge is 0.477 e. The highest BCUT2D eigenvalue weighted by atomic mass is 32.2. The second-order valence-electron chi connectivity index (χ2n) is 4.33. The first-order chi connectivity index (χ1) is 9.97. The molecule has 0 bridgehead atoms. The highest BCUT2D eigenvalue weighted by Gasteiger charge is 2.51. The van der Waals surface area contributed by atoms with Gasteiger partial charge >= 0.3 is 5.97 Å². The van der Waals surface area contributed by atoms with Gasteiger partial charge < -0.3 is 16.2 Å². The number of nitrogens with zero attached hydrogens (tertiary/aromatic N) is 1. The van der Waals surface area contributed by atoms with Gasteiger partial charge in [0.05, 0.1) is 0 Å². The molecule has 21 heavy (non-hydrogen) atoms. The SMILES string of the molecule is CCNC(=O)C=CSC1=C(C(=O)O)N2C(=O)[C@@H](N)[C@@H]2SC1. The van der Waals surface area contributed by atoms with Crippen molar-refractivity contribution >= 4 is 41.3 Å². The lowest BCUT2D eigenvalue weighted by molar-refractivity contribution is -0.147. The highest BCUT2D eigenvalue weighted by molar-refractivity contribution is 8.08. The summed E-state index contributed by atoms with van der Waals surface area (Å²) in [5, 5.41) is 13.1. The summed E-state index contributed by atoms with van der Waals surface area (Å²) in [6.07, 6.45) is 1.33. The van der Waals surface area contributed by atoms with Crippen LogP contribution in [0.25, 0.3) is 0 Å². The Bertz CT molecular complexity index is 547. The van der Waals surface area contributed by atoms with Crippen molar-refractivity contribution in [2.75, 3.05) is 12.3 Å². The van der Waals surface area contributed by atoms with Crippen LogP contribution in [0, 0.1) is 0 Å². The molecule has 2 amide bonds. The average molecular weight is 329 g/mol. The van der Waals surface area contributed by atoms with Crippen molar-refractivity contribution in [1.82, 2.24) is 10.2 Å². The number of carbonyl (C=O) groups is 3. The Morgan fingerprint density at radius 1 is 1.62 bits per heavy atom. The van der Waals surface area contributed by atoms with E-state index < -0.39 is 12.0 Å². The van der Waals surface area contributed by atoms with Gasteiger partial charge in [-0.05, 0) is 12.3 Å². The Labute approximate surface area is 130 Å². The van der Waals surface area contributed by atoms with E-state index in [1.807, 2.05) is 0 Å². The fourth-order valence-corrected chi connectivity index (χ4v) is 4.26. The molecule has 2 aliphatic heterocycles. The van der Waals surface area contributed by atoms with E-state index in [9.17, 15) is 19.5 Å². The molecule has 0 unspecified atom stereocenters. The molecule has 2 atom stereocenters. The van der Waals surface area contributed by atoms with Crippen molar-refractivity contribution in [3.63, 3.8) is 0 Å². The van der Waals surface area contributed by atoms with Crippen molar-refractivity contribution < 1.29 is 19.5 Å². The quantitative estimate of drug-likeness (QED) is 0.477. The molecule has 9 heteroatoms. The van der Waals surface area contributed by atoms with Crippen LogP contribution in [0.3, 0.4) is 0 Å². The van der Waals surface area contributed by atoms with Crippen LogP contribution in [0.2, 0.25) is 0 Å². The number of carboxylic acids is 1. The van der Waals surface area contributed by atoms with Gasteiger partial charge in [0.15, 0.2) is 0 Å². The summed E-state index contributed by atoms with van der Waals surface area (Å²) in [7, 11) is 0. The Balaban J connectivity index is 2.14. The second-order valence-corrected chi connectivity index (χ2v) is 6.43. The van der Waals surface area contributed by atoms with Gasteiger partial charge in [0.2, 0.25) is 11.8 Å². The Hall–Kier alpha value is -1.45. The molecule has 0 aromatic heterocycles. The van der Waals surface area contributed by atoms with Crippen LogP contribution in [0.1, 0.15) is 6.92 Å². The molecule has 4 N–H and O–H groups in total. The van der Waals surface area contributed by atoms with Crippen LogP contribution in [0.4, 0.5) is 0 Å². The minimum Gasteiger partial charge on any atom is -0.477 e. The van der Waals surface area contributed by atoms with Crippen molar-refractivity contribution in [1.29, 1.82) is 0 Å². The van der Waals surface area contributed by atoms with Crippen LogP contribution < -0.4 is 11.1 Å². The van der Waals surface area contributed by atoms with Crippen LogP contribution in [0.15, 0.2) is 22.1 Å². The molecule has 0 aromatic carbocycles. The van der Waals surface area contributed by atoms with E-state index in [0.29, 0.717) is 17.2 Å². The zero-order valence-electron chi connectivity index (χ0n) is 11.2. The Morgan fingerprint density at radius 2 is 2.33 bits per heavy atom. The molecule has 114 valence electrons. The molecule has 0 aliphatic carbocycles. The lowest BCUT2D eigenvalue weighted by atomic mass is 10.1. The molecule has 2 aliphatic rings. The van der Waals surface area contributed by atoms with Gasteiger partial charge in [-0.3, -0.25) is 14.5 Å². The normalized spacial score (nSPS) is 24.9. The van der Waals surface area contributed by atoms with Gasteiger partial charge in [-0.15, -0.1) is 11.8 Å². The predicted molar refractivity (Wildman–Crippen MR) is 81.1 cm³/mol. The first kappa shape index (κ1) is 15.9. The van der Waals surface area contributed by atoms with E-state index in [4.69, 9.17) is 5.73 Å². The van der Waals surface area contributed by atoms with E-state index in [1.165, 1.54) is 28.1 Å². The van der Waals surface area contributed by atoms with Crippen LogP contribution >= 0.6 is 23.5 Å². The van der Waals surface area contributed by atoms with E-state index in [1.54, 1.807) is 6.92 Å². The molecular weight excluding hydrogens is 314 g/mol. The van der Waals surface area contributed by atoms with Crippen LogP contribution in [0.5, 0.6) is 0 Å². The molecule has 0 spiro atoms. The molecule has 7 nitrogen and oxygen atoms in total. The number of nitrogens with one attached hydrogen (secondary N) is 1. The monoisotopic (exact) mass is 329 g/mol. The number of nitrogens with two attached hydrogens (primary N) is 1. The summed E-state index contributed by atoms with van der Waals surface area (Å²) in [5.74, 6) is -1.33. The maximum Gasteiger partial charge on any atom is 0.353 e. The number of hydrogen-bond acceptors (Lipinski definition) is 6. The fourth-order valence-electron chi connectivity index (χ4n) is 1.99. The zero-order valence-corrected chi connectivity index (χ0v) is 12.9. The Morgan fingerprint density at radius 3 is 2.95 bits per heavy atom. The topological polar surface area (TPSA) is 113 Å². The van der Waals surface area contributed by atoms with E-state index in [0.717, 1.165) is 11.8 Å². The maximum atomic E-state index is 11.7. The summed E-state index contributed by atoms with van der Waals surface area (Å²) in [6.45, 7) is 2.33. The first-order valence-electron chi connectivity index (χ1n) is 6.25. The number of hydrogen-bond donors (Lipinski definition) is 3. The number of carboxylic acid groups (broad SMARTS) is 1. The van der Waals surface area contributed by atoms with Gasteiger partial charge in [-0.1, -0.05) is 11.8 Å². The first-order valence-corrected chi connectivity index (χ1v) is 8.18. The third-order valence-corrected chi connectivity index (χ3v) is 5.34.